The van der Waals surface area contributed by atoms with Crippen LogP contribution in [0.1, 0.15) is 22.3 Å². The van der Waals surface area contributed by atoms with Crippen molar-refractivity contribution in [2.45, 2.75) is 13.8 Å². The molecule has 1 heterocycles. The van der Waals surface area contributed by atoms with Gasteiger partial charge >= 0.3 is 5.97 Å². The van der Waals surface area contributed by atoms with Crippen molar-refractivity contribution in [1.29, 1.82) is 0 Å². The lowest BCUT2D eigenvalue weighted by molar-refractivity contribution is 0.0519. The summed E-state index contributed by atoms with van der Waals surface area (Å²) in [5.74, 6) is -0.357. The highest BCUT2D eigenvalue weighted by Crippen LogP contribution is 2.30. The summed E-state index contributed by atoms with van der Waals surface area (Å²) in [6.07, 6.45) is 0. The number of ether oxygens (including phenoxy) is 1. The Balaban J connectivity index is 2.27. The topological polar surface area (TPSA) is 42.4 Å². The summed E-state index contributed by atoms with van der Waals surface area (Å²) in [6.45, 7) is 4.03. The van der Waals surface area contributed by atoms with Crippen LogP contribution in [0.3, 0.4) is 0 Å². The molecule has 0 N–H and O–H groups in total. The van der Waals surface area contributed by atoms with Crippen molar-refractivity contribution in [2.24, 2.45) is 0 Å². The number of carbonyl (C=O) groups excluding carboxylic acids is 1. The summed E-state index contributed by atoms with van der Waals surface area (Å²) in [4.78, 5) is 18.9. The van der Waals surface area contributed by atoms with Gasteiger partial charge in [0, 0.05) is 17.6 Å². The van der Waals surface area contributed by atoms with Crippen molar-refractivity contribution in [3.05, 3.63) is 40.9 Å². The Morgan fingerprint density at radius 2 is 2.05 bits per heavy atom. The molecule has 0 radical (unpaired) electrons. The summed E-state index contributed by atoms with van der Waals surface area (Å²) in [7, 11) is 1.93. The molecule has 0 saturated carbocycles. The van der Waals surface area contributed by atoms with Crippen LogP contribution in [0.4, 0.5) is 10.8 Å². The molecule has 4 nitrogen and oxygen atoms in total. The Kier molecular flexibility index (Phi) is 4.16. The molecule has 2 aromatic rings. The van der Waals surface area contributed by atoms with Crippen LogP contribution >= 0.6 is 11.3 Å². The van der Waals surface area contributed by atoms with Gasteiger partial charge in [0.15, 0.2) is 10.8 Å². The zero-order valence-corrected chi connectivity index (χ0v) is 12.0. The first-order valence-corrected chi connectivity index (χ1v) is 6.88. The molecule has 0 saturated heterocycles. The van der Waals surface area contributed by atoms with Crippen LogP contribution in [-0.4, -0.2) is 24.6 Å². The van der Waals surface area contributed by atoms with Crippen LogP contribution in [0.25, 0.3) is 0 Å². The fraction of sp³-hybridized carbons (Fsp3) is 0.286. The Hall–Kier alpha value is -1.88. The summed E-state index contributed by atoms with van der Waals surface area (Å²) in [5.41, 5.74) is 1.44. The maximum atomic E-state index is 11.7. The van der Waals surface area contributed by atoms with Gasteiger partial charge in [-0.25, -0.2) is 9.78 Å². The van der Waals surface area contributed by atoms with E-state index in [1.807, 2.05) is 49.2 Å². The number of aryl methyl sites for hydroxylation is 1. The molecular formula is C14H16N2O2S. The highest BCUT2D eigenvalue weighted by molar-refractivity contribution is 7.15. The first kappa shape index (κ1) is 13.5. The van der Waals surface area contributed by atoms with E-state index < -0.39 is 0 Å². The predicted molar refractivity (Wildman–Crippen MR) is 77.3 cm³/mol. The van der Waals surface area contributed by atoms with Crippen LogP contribution in [0, 0.1) is 6.92 Å². The Morgan fingerprint density at radius 3 is 2.68 bits per heavy atom. The molecule has 2 rings (SSSR count). The van der Waals surface area contributed by atoms with E-state index in [1.54, 1.807) is 6.92 Å². The van der Waals surface area contributed by atoms with E-state index in [-0.39, 0.29) is 5.97 Å². The molecule has 0 unspecified atom stereocenters. The standard InChI is InChI=1S/C14H16N2O2S/c1-4-18-13(17)12-10(2)19-14(15-12)16(3)11-8-6-5-7-9-11/h5-9H,4H2,1-3H3. The highest BCUT2D eigenvalue weighted by Gasteiger charge is 2.18. The summed E-state index contributed by atoms with van der Waals surface area (Å²) in [5, 5.41) is 0.784. The second kappa shape index (κ2) is 5.84. The third kappa shape index (κ3) is 2.93. The molecule has 0 spiro atoms. The number of hydrogen-bond acceptors (Lipinski definition) is 5. The molecular weight excluding hydrogens is 260 g/mol. The summed E-state index contributed by atoms with van der Waals surface area (Å²) < 4.78 is 4.99. The SMILES string of the molecule is CCOC(=O)c1nc(N(C)c2ccccc2)sc1C. The Labute approximate surface area is 116 Å². The van der Waals surface area contributed by atoms with Crippen molar-refractivity contribution >= 4 is 28.1 Å². The minimum absolute atomic E-state index is 0.357. The number of anilines is 2. The van der Waals surface area contributed by atoms with Gasteiger partial charge in [0.05, 0.1) is 6.61 Å². The second-order valence-electron chi connectivity index (χ2n) is 4.02. The number of rotatable bonds is 4. The molecule has 1 aromatic carbocycles. The van der Waals surface area contributed by atoms with Gasteiger partial charge in [0.25, 0.3) is 0 Å². The van der Waals surface area contributed by atoms with Crippen molar-refractivity contribution in [3.8, 4) is 0 Å². The van der Waals surface area contributed by atoms with Gasteiger partial charge in [-0.1, -0.05) is 18.2 Å². The second-order valence-corrected chi connectivity index (χ2v) is 5.20. The van der Waals surface area contributed by atoms with Gasteiger partial charge in [0.1, 0.15) is 0 Å². The number of para-hydroxylation sites is 1. The third-order valence-corrected chi connectivity index (χ3v) is 3.73. The van der Waals surface area contributed by atoms with Crippen molar-refractivity contribution in [2.75, 3.05) is 18.6 Å². The first-order chi connectivity index (χ1) is 9.13. The number of hydrogen-bond donors (Lipinski definition) is 0. The largest absolute Gasteiger partial charge is 0.461 e. The number of esters is 1. The lowest BCUT2D eigenvalue weighted by Gasteiger charge is -2.15. The van der Waals surface area contributed by atoms with Crippen LogP contribution in [0.5, 0.6) is 0 Å². The molecule has 0 aliphatic carbocycles. The van der Waals surface area contributed by atoms with E-state index in [4.69, 9.17) is 4.74 Å². The minimum Gasteiger partial charge on any atom is -0.461 e. The van der Waals surface area contributed by atoms with E-state index in [9.17, 15) is 4.79 Å². The van der Waals surface area contributed by atoms with Crippen LogP contribution in [-0.2, 0) is 4.74 Å². The van der Waals surface area contributed by atoms with E-state index in [1.165, 1.54) is 11.3 Å². The average Bonchev–Trinajstić information content (AvgIpc) is 2.81. The highest BCUT2D eigenvalue weighted by atomic mass is 32.1. The molecule has 0 fully saturated rings. The molecule has 19 heavy (non-hydrogen) atoms. The third-order valence-electron chi connectivity index (χ3n) is 2.68. The monoisotopic (exact) mass is 276 g/mol. The number of nitrogens with zero attached hydrogens (tertiary/aromatic N) is 2. The lowest BCUT2D eigenvalue weighted by Crippen LogP contribution is -2.10. The zero-order valence-electron chi connectivity index (χ0n) is 11.2. The number of benzene rings is 1. The van der Waals surface area contributed by atoms with Gasteiger partial charge in [0.2, 0.25) is 0 Å². The normalized spacial score (nSPS) is 10.3. The van der Waals surface area contributed by atoms with Gasteiger partial charge in [-0.3, -0.25) is 0 Å². The Morgan fingerprint density at radius 1 is 1.37 bits per heavy atom. The van der Waals surface area contributed by atoms with Gasteiger partial charge in [-0.05, 0) is 26.0 Å². The van der Waals surface area contributed by atoms with E-state index in [2.05, 4.69) is 4.98 Å². The van der Waals surface area contributed by atoms with Crippen molar-refractivity contribution < 1.29 is 9.53 Å². The Bertz CT molecular complexity index is 566. The summed E-state index contributed by atoms with van der Waals surface area (Å²) in [6, 6.07) is 9.91. The number of carbonyl (C=O) groups is 1. The smallest absolute Gasteiger partial charge is 0.358 e. The quantitative estimate of drug-likeness (QED) is 0.803. The maximum Gasteiger partial charge on any atom is 0.358 e. The van der Waals surface area contributed by atoms with Crippen LogP contribution < -0.4 is 4.90 Å². The van der Waals surface area contributed by atoms with Crippen LogP contribution in [0.2, 0.25) is 0 Å². The average molecular weight is 276 g/mol. The van der Waals surface area contributed by atoms with Gasteiger partial charge < -0.3 is 9.64 Å². The number of aromatic nitrogens is 1. The molecule has 5 heteroatoms. The molecule has 0 bridgehead atoms. The fourth-order valence-electron chi connectivity index (χ4n) is 1.68. The minimum atomic E-state index is -0.357. The van der Waals surface area contributed by atoms with Crippen molar-refractivity contribution in [3.63, 3.8) is 0 Å². The van der Waals surface area contributed by atoms with E-state index in [0.29, 0.717) is 12.3 Å². The number of thiazole rings is 1. The van der Waals surface area contributed by atoms with Crippen molar-refractivity contribution in [1.82, 2.24) is 4.98 Å². The predicted octanol–water partition coefficient (Wildman–Crippen LogP) is 3.40. The maximum absolute atomic E-state index is 11.7. The zero-order chi connectivity index (χ0) is 13.8. The molecule has 0 amide bonds. The van der Waals surface area contributed by atoms with Gasteiger partial charge in [-0.2, -0.15) is 0 Å². The molecule has 0 aliphatic rings. The molecule has 0 aliphatic heterocycles. The van der Waals surface area contributed by atoms with E-state index >= 15 is 0 Å². The van der Waals surface area contributed by atoms with E-state index in [0.717, 1.165) is 15.7 Å². The van der Waals surface area contributed by atoms with Gasteiger partial charge in [-0.15, -0.1) is 11.3 Å². The fourth-order valence-corrected chi connectivity index (χ4v) is 2.56. The summed E-state index contributed by atoms with van der Waals surface area (Å²) >= 11 is 1.49. The molecule has 1 aromatic heterocycles. The molecule has 100 valence electrons. The first-order valence-electron chi connectivity index (χ1n) is 6.06. The molecule has 0 atom stereocenters. The lowest BCUT2D eigenvalue weighted by atomic mass is 10.3. The van der Waals surface area contributed by atoms with Crippen LogP contribution in [0.15, 0.2) is 30.3 Å².